The monoisotopic (exact) mass is 612 g/mol. The standard InChI is InChI=1S/C33H40N8O4/c1-25-23-30(42)40(35-25)28-11-9-26(10-12-28)32(43)39-17-15-38(16-18-39)29-24-34-41(27-7-4-3-5-8-27)33(44)31(29)36(2)13-6-14-37-19-21-45-22-20-37/h3-5,7-12,23-24,35H,6,13-22H2,1-2H3. The molecule has 2 fully saturated rings. The first kappa shape index (κ1) is 30.4. The smallest absolute Gasteiger partial charge is 0.297 e. The van der Waals surface area contributed by atoms with Crippen LogP contribution in [0.25, 0.3) is 11.4 Å². The summed E-state index contributed by atoms with van der Waals surface area (Å²) in [7, 11) is 1.97. The molecule has 236 valence electrons. The molecule has 0 unspecified atom stereocenters. The van der Waals surface area contributed by atoms with Crippen molar-refractivity contribution in [1.82, 2.24) is 29.4 Å². The zero-order chi connectivity index (χ0) is 31.3. The number of carbonyl (C=O) groups is 1. The van der Waals surface area contributed by atoms with Crippen molar-refractivity contribution >= 4 is 17.3 Å². The van der Waals surface area contributed by atoms with E-state index in [4.69, 9.17) is 4.74 Å². The molecule has 1 amide bonds. The van der Waals surface area contributed by atoms with Crippen LogP contribution in [0.3, 0.4) is 0 Å². The Morgan fingerprint density at radius 3 is 2.31 bits per heavy atom. The van der Waals surface area contributed by atoms with Crippen LogP contribution in [0.15, 0.2) is 76.4 Å². The van der Waals surface area contributed by atoms with E-state index in [1.165, 1.54) is 15.4 Å². The van der Waals surface area contributed by atoms with Crippen LogP contribution in [-0.4, -0.2) is 108 Å². The third-order valence-electron chi connectivity index (χ3n) is 8.52. The lowest BCUT2D eigenvalue weighted by molar-refractivity contribution is 0.0377. The molecule has 2 aromatic heterocycles. The van der Waals surface area contributed by atoms with Crippen LogP contribution in [0.2, 0.25) is 0 Å². The van der Waals surface area contributed by atoms with Gasteiger partial charge in [0.1, 0.15) is 5.69 Å². The Balaban J connectivity index is 1.17. The van der Waals surface area contributed by atoms with Gasteiger partial charge in [-0.25, -0.2) is 4.68 Å². The summed E-state index contributed by atoms with van der Waals surface area (Å²) in [6.45, 7) is 9.07. The predicted octanol–water partition coefficient (Wildman–Crippen LogP) is 2.14. The van der Waals surface area contributed by atoms with Gasteiger partial charge in [0.15, 0.2) is 0 Å². The fourth-order valence-electron chi connectivity index (χ4n) is 6.04. The van der Waals surface area contributed by atoms with E-state index in [-0.39, 0.29) is 17.0 Å². The molecule has 0 atom stereocenters. The summed E-state index contributed by atoms with van der Waals surface area (Å²) in [5.41, 5.74) is 3.82. The van der Waals surface area contributed by atoms with Crippen molar-refractivity contribution in [2.45, 2.75) is 13.3 Å². The zero-order valence-corrected chi connectivity index (χ0v) is 25.9. The van der Waals surface area contributed by atoms with Crippen LogP contribution in [0.1, 0.15) is 22.5 Å². The van der Waals surface area contributed by atoms with Gasteiger partial charge in [-0.15, -0.1) is 0 Å². The maximum Gasteiger partial charge on any atom is 0.297 e. The Morgan fingerprint density at radius 1 is 0.933 bits per heavy atom. The number of nitrogens with one attached hydrogen (secondary N) is 1. The summed E-state index contributed by atoms with van der Waals surface area (Å²) >= 11 is 0. The molecule has 4 heterocycles. The highest BCUT2D eigenvalue weighted by Crippen LogP contribution is 2.27. The number of piperazine rings is 1. The number of hydrogen-bond donors (Lipinski definition) is 1. The summed E-state index contributed by atoms with van der Waals surface area (Å²) in [5.74, 6) is -0.0608. The van der Waals surface area contributed by atoms with Gasteiger partial charge in [-0.2, -0.15) is 9.78 Å². The molecule has 12 heteroatoms. The van der Waals surface area contributed by atoms with E-state index in [1.54, 1.807) is 30.5 Å². The maximum atomic E-state index is 14.0. The number of anilines is 2. The van der Waals surface area contributed by atoms with E-state index >= 15 is 0 Å². The van der Waals surface area contributed by atoms with Gasteiger partial charge < -0.3 is 19.4 Å². The topological polar surface area (TPSA) is 112 Å². The maximum absolute atomic E-state index is 14.0. The van der Waals surface area contributed by atoms with Crippen LogP contribution in [0.5, 0.6) is 0 Å². The molecule has 2 aliphatic rings. The number of morpholine rings is 1. The van der Waals surface area contributed by atoms with Gasteiger partial charge in [0.2, 0.25) is 0 Å². The summed E-state index contributed by atoms with van der Waals surface area (Å²) < 4.78 is 8.40. The number of benzene rings is 2. The lowest BCUT2D eigenvalue weighted by Gasteiger charge is -2.37. The minimum absolute atomic E-state index is 0.0608. The Hall–Kier alpha value is -4.68. The highest BCUT2D eigenvalue weighted by Gasteiger charge is 2.27. The van der Waals surface area contributed by atoms with Gasteiger partial charge in [-0.05, 0) is 49.7 Å². The van der Waals surface area contributed by atoms with Crippen molar-refractivity contribution in [2.24, 2.45) is 0 Å². The number of hydrogen-bond acceptors (Lipinski definition) is 8. The molecule has 6 rings (SSSR count). The highest BCUT2D eigenvalue weighted by molar-refractivity contribution is 5.94. The molecule has 2 saturated heterocycles. The van der Waals surface area contributed by atoms with Gasteiger partial charge >= 0.3 is 0 Å². The average molecular weight is 613 g/mol. The van der Waals surface area contributed by atoms with E-state index in [0.29, 0.717) is 43.1 Å². The molecule has 45 heavy (non-hydrogen) atoms. The fourth-order valence-corrected chi connectivity index (χ4v) is 6.04. The zero-order valence-electron chi connectivity index (χ0n) is 25.9. The number of aryl methyl sites for hydroxylation is 1. The number of H-pyrrole nitrogens is 1. The molecule has 12 nitrogen and oxygen atoms in total. The fraction of sp³-hybridized carbons (Fsp3) is 0.394. The van der Waals surface area contributed by atoms with Gasteiger partial charge in [0.25, 0.3) is 17.0 Å². The number of rotatable bonds is 9. The van der Waals surface area contributed by atoms with Crippen molar-refractivity contribution in [1.29, 1.82) is 0 Å². The second-order valence-corrected chi connectivity index (χ2v) is 11.6. The quantitative estimate of drug-likeness (QED) is 0.306. The normalized spacial score (nSPS) is 15.8. The first-order valence-corrected chi connectivity index (χ1v) is 15.5. The first-order valence-electron chi connectivity index (χ1n) is 15.5. The largest absolute Gasteiger partial charge is 0.379 e. The Morgan fingerprint density at radius 2 is 1.64 bits per heavy atom. The van der Waals surface area contributed by atoms with Crippen molar-refractivity contribution in [3.8, 4) is 11.4 Å². The lowest BCUT2D eigenvalue weighted by atomic mass is 10.1. The summed E-state index contributed by atoms with van der Waals surface area (Å²) in [5, 5.41) is 7.58. The van der Waals surface area contributed by atoms with E-state index in [9.17, 15) is 14.4 Å². The second-order valence-electron chi connectivity index (χ2n) is 11.6. The van der Waals surface area contributed by atoms with E-state index < -0.39 is 0 Å². The number of para-hydroxylation sites is 1. The van der Waals surface area contributed by atoms with Gasteiger partial charge in [-0.3, -0.25) is 24.4 Å². The molecule has 1 N–H and O–H groups in total. The van der Waals surface area contributed by atoms with E-state index in [1.807, 2.05) is 49.2 Å². The lowest BCUT2D eigenvalue weighted by Crippen LogP contribution is -2.49. The number of aromatic amines is 1. The molecule has 2 aliphatic heterocycles. The van der Waals surface area contributed by atoms with Crippen LogP contribution < -0.4 is 20.9 Å². The number of amides is 1. The molecular weight excluding hydrogens is 572 g/mol. The summed E-state index contributed by atoms with van der Waals surface area (Å²) in [4.78, 5) is 48.0. The third-order valence-corrected chi connectivity index (χ3v) is 8.52. The highest BCUT2D eigenvalue weighted by atomic mass is 16.5. The molecule has 2 aromatic carbocycles. The summed E-state index contributed by atoms with van der Waals surface area (Å²) in [6.07, 6.45) is 2.70. The van der Waals surface area contributed by atoms with Crippen LogP contribution in [-0.2, 0) is 4.74 Å². The molecule has 0 spiro atoms. The van der Waals surface area contributed by atoms with Gasteiger partial charge in [0, 0.05) is 76.7 Å². The summed E-state index contributed by atoms with van der Waals surface area (Å²) in [6, 6.07) is 18.1. The Kier molecular flexibility index (Phi) is 9.13. The first-order chi connectivity index (χ1) is 21.9. The van der Waals surface area contributed by atoms with Gasteiger partial charge in [-0.1, -0.05) is 18.2 Å². The molecule has 0 bridgehead atoms. The number of aromatic nitrogens is 4. The molecule has 0 radical (unpaired) electrons. The SMILES string of the molecule is Cc1cc(=O)n(-c2ccc(C(=O)N3CCN(c4cnn(-c5ccccc5)c(=O)c4N(C)CCCN4CCOCC4)CC3)cc2)[nH]1. The minimum atomic E-state index is -0.164. The van der Waals surface area contributed by atoms with Crippen molar-refractivity contribution in [3.05, 3.63) is 98.8 Å². The molecule has 0 aliphatic carbocycles. The number of nitrogens with zero attached hydrogens (tertiary/aromatic N) is 7. The Bertz CT molecular complexity index is 1720. The second kappa shape index (κ2) is 13.5. The van der Waals surface area contributed by atoms with E-state index in [2.05, 4.69) is 24.9 Å². The minimum Gasteiger partial charge on any atom is -0.379 e. The van der Waals surface area contributed by atoms with Gasteiger partial charge in [0.05, 0.1) is 36.5 Å². The third kappa shape index (κ3) is 6.71. The molecule has 0 saturated carbocycles. The number of ether oxygens (including phenoxy) is 1. The van der Waals surface area contributed by atoms with Crippen LogP contribution in [0, 0.1) is 6.92 Å². The average Bonchev–Trinajstić information content (AvgIpc) is 3.42. The van der Waals surface area contributed by atoms with Crippen molar-refractivity contribution < 1.29 is 9.53 Å². The van der Waals surface area contributed by atoms with Crippen LogP contribution >= 0.6 is 0 Å². The number of carbonyl (C=O) groups excluding carboxylic acids is 1. The van der Waals surface area contributed by atoms with Crippen LogP contribution in [0.4, 0.5) is 11.4 Å². The molecular formula is C33H40N8O4. The predicted molar refractivity (Wildman–Crippen MR) is 174 cm³/mol. The Labute approximate surface area is 262 Å². The molecule has 4 aromatic rings. The van der Waals surface area contributed by atoms with E-state index in [0.717, 1.165) is 62.9 Å². The van der Waals surface area contributed by atoms with Crippen molar-refractivity contribution in [3.63, 3.8) is 0 Å². The van der Waals surface area contributed by atoms with Crippen molar-refractivity contribution in [2.75, 3.05) is 82.4 Å².